The van der Waals surface area contributed by atoms with Crippen molar-refractivity contribution in [3.63, 3.8) is 0 Å². The number of hydrogen-bond acceptors (Lipinski definition) is 2. The molecular weight excluding hydrogens is 269 g/mol. The molecule has 0 aliphatic heterocycles. The lowest BCUT2D eigenvalue weighted by Crippen LogP contribution is -2.14. The van der Waals surface area contributed by atoms with Crippen molar-refractivity contribution in [1.82, 2.24) is 0 Å². The Bertz CT molecular complexity index is 650. The van der Waals surface area contributed by atoms with E-state index in [0.29, 0.717) is 23.6 Å². The van der Waals surface area contributed by atoms with Gasteiger partial charge in [0.2, 0.25) is 0 Å². The third-order valence-electron chi connectivity index (χ3n) is 2.71. The van der Waals surface area contributed by atoms with Crippen LogP contribution in [0.15, 0.2) is 60.7 Å². The highest BCUT2D eigenvalue weighted by Gasteiger charge is 2.12. The quantitative estimate of drug-likeness (QED) is 0.842. The summed E-state index contributed by atoms with van der Waals surface area (Å²) in [5.41, 5.74) is 1.81. The molecule has 0 radical (unpaired) electrons. The molecule has 2 aromatic carbocycles. The van der Waals surface area contributed by atoms with Crippen LogP contribution in [0, 0.1) is 5.82 Å². The highest BCUT2D eigenvalue weighted by Crippen LogP contribution is 2.20. The average molecular weight is 285 g/mol. The third kappa shape index (κ3) is 4.18. The van der Waals surface area contributed by atoms with Gasteiger partial charge in [0.05, 0.1) is 5.56 Å². The molecule has 21 heavy (non-hydrogen) atoms. The highest BCUT2D eigenvalue weighted by atomic mass is 19.1. The van der Waals surface area contributed by atoms with Gasteiger partial charge in [0, 0.05) is 5.69 Å². The van der Waals surface area contributed by atoms with Crippen molar-refractivity contribution in [2.75, 3.05) is 11.9 Å². The molecule has 108 valence electrons. The Labute approximate surface area is 123 Å². The summed E-state index contributed by atoms with van der Waals surface area (Å²) in [6.07, 6.45) is 0. The number of rotatable bonds is 5. The van der Waals surface area contributed by atoms with Crippen molar-refractivity contribution in [2.45, 2.75) is 6.92 Å². The molecule has 0 aliphatic carbocycles. The summed E-state index contributed by atoms with van der Waals surface area (Å²) < 4.78 is 18.4. The summed E-state index contributed by atoms with van der Waals surface area (Å²) in [6, 6.07) is 12.5. The minimum atomic E-state index is -0.349. The van der Waals surface area contributed by atoms with Crippen LogP contribution in [0.1, 0.15) is 17.3 Å². The van der Waals surface area contributed by atoms with Crippen LogP contribution in [0.2, 0.25) is 0 Å². The van der Waals surface area contributed by atoms with Crippen LogP contribution >= 0.6 is 0 Å². The van der Waals surface area contributed by atoms with Gasteiger partial charge in [-0.2, -0.15) is 0 Å². The fourth-order valence-electron chi connectivity index (χ4n) is 1.71. The van der Waals surface area contributed by atoms with Crippen molar-refractivity contribution in [3.05, 3.63) is 72.1 Å². The number of ether oxygens (including phenoxy) is 1. The molecule has 0 bridgehead atoms. The van der Waals surface area contributed by atoms with E-state index < -0.39 is 0 Å². The summed E-state index contributed by atoms with van der Waals surface area (Å²) >= 11 is 0. The van der Waals surface area contributed by atoms with E-state index in [9.17, 15) is 9.18 Å². The van der Waals surface area contributed by atoms with Crippen molar-refractivity contribution >= 4 is 11.6 Å². The smallest absolute Gasteiger partial charge is 0.259 e. The van der Waals surface area contributed by atoms with Crippen molar-refractivity contribution < 1.29 is 13.9 Å². The van der Waals surface area contributed by atoms with Crippen LogP contribution < -0.4 is 10.1 Å². The van der Waals surface area contributed by atoms with E-state index in [-0.39, 0.29) is 11.7 Å². The molecule has 4 heteroatoms. The second-order valence-corrected chi connectivity index (χ2v) is 4.70. The molecule has 2 rings (SSSR count). The molecule has 1 N–H and O–H groups in total. The minimum Gasteiger partial charge on any atom is -0.488 e. The number of carbonyl (C=O) groups is 1. The van der Waals surface area contributed by atoms with Crippen LogP contribution in [0.3, 0.4) is 0 Å². The molecule has 0 heterocycles. The zero-order valence-corrected chi connectivity index (χ0v) is 11.7. The van der Waals surface area contributed by atoms with Crippen molar-refractivity contribution in [1.29, 1.82) is 0 Å². The van der Waals surface area contributed by atoms with Gasteiger partial charge in [-0.25, -0.2) is 4.39 Å². The molecule has 0 aliphatic rings. The predicted molar refractivity (Wildman–Crippen MR) is 81.1 cm³/mol. The summed E-state index contributed by atoms with van der Waals surface area (Å²) in [5.74, 6) is -0.169. The summed E-state index contributed by atoms with van der Waals surface area (Å²) in [4.78, 5) is 12.3. The van der Waals surface area contributed by atoms with Crippen LogP contribution in [0.25, 0.3) is 0 Å². The van der Waals surface area contributed by atoms with Crippen LogP contribution in [0.5, 0.6) is 5.75 Å². The first-order valence-electron chi connectivity index (χ1n) is 6.49. The van der Waals surface area contributed by atoms with Gasteiger partial charge in [0.25, 0.3) is 5.91 Å². The van der Waals surface area contributed by atoms with E-state index in [4.69, 9.17) is 4.74 Å². The normalized spacial score (nSPS) is 10.0. The fourth-order valence-corrected chi connectivity index (χ4v) is 1.71. The number of carbonyl (C=O) groups excluding carboxylic acids is 1. The van der Waals surface area contributed by atoms with Crippen molar-refractivity contribution in [3.8, 4) is 5.75 Å². The Morgan fingerprint density at radius 2 is 1.86 bits per heavy atom. The van der Waals surface area contributed by atoms with E-state index in [1.807, 2.05) is 6.92 Å². The predicted octanol–water partition coefficient (Wildman–Crippen LogP) is 4.03. The minimum absolute atomic E-state index is 0.307. The molecule has 0 saturated carbocycles. The highest BCUT2D eigenvalue weighted by molar-refractivity contribution is 6.06. The van der Waals surface area contributed by atoms with E-state index in [0.717, 1.165) is 5.57 Å². The Hall–Kier alpha value is -2.62. The number of benzene rings is 2. The number of halogens is 1. The van der Waals surface area contributed by atoms with E-state index in [2.05, 4.69) is 11.9 Å². The third-order valence-corrected chi connectivity index (χ3v) is 2.71. The average Bonchev–Trinajstić information content (AvgIpc) is 2.47. The largest absolute Gasteiger partial charge is 0.488 e. The standard InChI is InChI=1S/C17H16FNO2/c1-12(2)11-21-16-6-4-3-5-15(16)17(20)19-14-9-7-13(18)8-10-14/h3-10H,1,11H2,2H3,(H,19,20). The molecule has 0 spiro atoms. The molecular formula is C17H16FNO2. The molecule has 0 aromatic heterocycles. The van der Waals surface area contributed by atoms with Gasteiger partial charge in [-0.1, -0.05) is 18.7 Å². The van der Waals surface area contributed by atoms with E-state index in [1.54, 1.807) is 24.3 Å². The van der Waals surface area contributed by atoms with Gasteiger partial charge in [-0.05, 0) is 48.9 Å². The number of para-hydroxylation sites is 1. The molecule has 2 aromatic rings. The van der Waals surface area contributed by atoms with Gasteiger partial charge < -0.3 is 10.1 Å². The summed E-state index contributed by atoms with van der Waals surface area (Å²) in [5, 5.41) is 2.71. The fraction of sp³-hybridized carbons (Fsp3) is 0.118. The molecule has 3 nitrogen and oxygen atoms in total. The topological polar surface area (TPSA) is 38.3 Å². The number of amides is 1. The van der Waals surface area contributed by atoms with Crippen LogP contribution in [0.4, 0.5) is 10.1 Å². The first-order valence-corrected chi connectivity index (χ1v) is 6.49. The Kier molecular flexibility index (Phi) is 4.72. The Morgan fingerprint density at radius 3 is 2.52 bits per heavy atom. The lowest BCUT2D eigenvalue weighted by atomic mass is 10.2. The van der Waals surface area contributed by atoms with Gasteiger partial charge >= 0.3 is 0 Å². The Morgan fingerprint density at radius 1 is 1.19 bits per heavy atom. The summed E-state index contributed by atoms with van der Waals surface area (Å²) in [7, 11) is 0. The number of anilines is 1. The Balaban J connectivity index is 2.14. The van der Waals surface area contributed by atoms with E-state index >= 15 is 0 Å². The zero-order chi connectivity index (χ0) is 15.2. The first kappa shape index (κ1) is 14.8. The monoisotopic (exact) mass is 285 g/mol. The SMILES string of the molecule is C=C(C)COc1ccccc1C(=O)Nc1ccc(F)cc1. The van der Waals surface area contributed by atoms with Gasteiger partial charge in [0.1, 0.15) is 18.2 Å². The van der Waals surface area contributed by atoms with Gasteiger partial charge in [-0.3, -0.25) is 4.79 Å². The maximum atomic E-state index is 12.8. The summed E-state index contributed by atoms with van der Waals surface area (Å²) in [6.45, 7) is 5.96. The molecule has 0 atom stereocenters. The molecule has 1 amide bonds. The molecule has 0 fully saturated rings. The second-order valence-electron chi connectivity index (χ2n) is 4.70. The van der Waals surface area contributed by atoms with Gasteiger partial charge in [0.15, 0.2) is 0 Å². The molecule has 0 unspecified atom stereocenters. The van der Waals surface area contributed by atoms with Gasteiger partial charge in [-0.15, -0.1) is 0 Å². The number of hydrogen-bond donors (Lipinski definition) is 1. The van der Waals surface area contributed by atoms with Crippen LogP contribution in [-0.2, 0) is 0 Å². The molecule has 0 saturated heterocycles. The van der Waals surface area contributed by atoms with Crippen LogP contribution in [-0.4, -0.2) is 12.5 Å². The maximum Gasteiger partial charge on any atom is 0.259 e. The lowest BCUT2D eigenvalue weighted by Gasteiger charge is -2.11. The maximum absolute atomic E-state index is 12.8. The van der Waals surface area contributed by atoms with Crippen molar-refractivity contribution in [2.24, 2.45) is 0 Å². The zero-order valence-electron chi connectivity index (χ0n) is 11.7. The van der Waals surface area contributed by atoms with E-state index in [1.165, 1.54) is 24.3 Å². The second kappa shape index (κ2) is 6.70. The lowest BCUT2D eigenvalue weighted by molar-refractivity contribution is 0.102. The number of nitrogens with one attached hydrogen (secondary N) is 1. The first-order chi connectivity index (χ1) is 10.1.